The molecule has 1 fully saturated rings. The van der Waals surface area contributed by atoms with Crippen LogP contribution in [0.4, 0.5) is 0 Å². The second-order valence-electron chi connectivity index (χ2n) is 5.96. The van der Waals surface area contributed by atoms with Gasteiger partial charge in [-0.15, -0.1) is 12.4 Å². The fraction of sp³-hybridized carbons (Fsp3) is 0.600. The molecule has 24 heavy (non-hydrogen) atoms. The molecule has 138 valence electrons. The summed E-state index contributed by atoms with van der Waals surface area (Å²) in [4.78, 5) is 0.0181. The van der Waals surface area contributed by atoms with Crippen molar-refractivity contribution >= 4 is 22.4 Å². The Kier molecular flexibility index (Phi) is 6.75. The van der Waals surface area contributed by atoms with Crippen LogP contribution >= 0.6 is 12.4 Å². The molecule has 1 aliphatic rings. The third kappa shape index (κ3) is 3.72. The van der Waals surface area contributed by atoms with Gasteiger partial charge in [0, 0.05) is 25.2 Å². The SMILES string of the molecule is COc1cc(OC)c(S(=O)(=O)N2CCC(C)(CN)C2)c(OC)c1.Cl. The molecule has 1 heterocycles. The smallest absolute Gasteiger partial charge is 0.250 e. The first-order valence-corrected chi connectivity index (χ1v) is 8.75. The zero-order valence-corrected chi connectivity index (χ0v) is 16.0. The fourth-order valence-electron chi connectivity index (χ4n) is 2.71. The molecule has 7 nitrogen and oxygen atoms in total. The lowest BCUT2D eigenvalue weighted by atomic mass is 9.90. The molecular formula is C15H25ClN2O5S. The maximum absolute atomic E-state index is 13.1. The fourth-order valence-corrected chi connectivity index (χ4v) is 4.57. The molecular weight excluding hydrogens is 356 g/mol. The van der Waals surface area contributed by atoms with Crippen LogP contribution in [-0.4, -0.2) is 53.7 Å². The summed E-state index contributed by atoms with van der Waals surface area (Å²) in [6.45, 7) is 3.24. The van der Waals surface area contributed by atoms with Gasteiger partial charge >= 0.3 is 0 Å². The number of halogens is 1. The molecule has 2 rings (SSSR count). The van der Waals surface area contributed by atoms with E-state index in [0.29, 0.717) is 25.4 Å². The maximum atomic E-state index is 13.1. The number of benzene rings is 1. The summed E-state index contributed by atoms with van der Waals surface area (Å²) < 4.78 is 43.3. The summed E-state index contributed by atoms with van der Waals surface area (Å²) >= 11 is 0. The van der Waals surface area contributed by atoms with E-state index in [4.69, 9.17) is 19.9 Å². The second kappa shape index (κ2) is 7.77. The van der Waals surface area contributed by atoms with Crippen LogP contribution in [0.3, 0.4) is 0 Å². The maximum Gasteiger partial charge on any atom is 0.250 e. The van der Waals surface area contributed by atoms with E-state index < -0.39 is 10.0 Å². The zero-order valence-electron chi connectivity index (χ0n) is 14.4. The lowest BCUT2D eigenvalue weighted by Gasteiger charge is -2.24. The van der Waals surface area contributed by atoms with Crippen molar-refractivity contribution in [3.05, 3.63) is 12.1 Å². The first kappa shape index (κ1) is 20.8. The lowest BCUT2D eigenvalue weighted by molar-refractivity contribution is 0.341. The van der Waals surface area contributed by atoms with Crippen molar-refractivity contribution in [2.45, 2.75) is 18.2 Å². The molecule has 1 atom stereocenters. The Bertz CT molecular complexity index is 657. The van der Waals surface area contributed by atoms with Gasteiger partial charge in [0.2, 0.25) is 0 Å². The number of sulfonamides is 1. The molecule has 0 amide bonds. The van der Waals surface area contributed by atoms with Crippen LogP contribution in [0, 0.1) is 5.41 Å². The van der Waals surface area contributed by atoms with E-state index >= 15 is 0 Å². The number of rotatable bonds is 6. The largest absolute Gasteiger partial charge is 0.496 e. The molecule has 0 aromatic heterocycles. The lowest BCUT2D eigenvalue weighted by Crippen LogP contribution is -2.34. The molecule has 1 unspecified atom stereocenters. The highest BCUT2D eigenvalue weighted by atomic mass is 35.5. The van der Waals surface area contributed by atoms with Crippen molar-refractivity contribution in [3.63, 3.8) is 0 Å². The van der Waals surface area contributed by atoms with E-state index in [-0.39, 0.29) is 34.2 Å². The Morgan fingerprint density at radius 3 is 2.08 bits per heavy atom. The molecule has 0 bridgehead atoms. The normalized spacial score (nSPS) is 21.2. The van der Waals surface area contributed by atoms with Crippen molar-refractivity contribution in [1.82, 2.24) is 4.31 Å². The van der Waals surface area contributed by atoms with Gasteiger partial charge in [0.15, 0.2) is 4.90 Å². The topological polar surface area (TPSA) is 91.1 Å². The predicted octanol–water partition coefficient (Wildman–Crippen LogP) is 1.49. The number of nitrogens with zero attached hydrogens (tertiary/aromatic N) is 1. The van der Waals surface area contributed by atoms with E-state index in [2.05, 4.69) is 0 Å². The van der Waals surface area contributed by atoms with E-state index in [9.17, 15) is 8.42 Å². The summed E-state index contributed by atoms with van der Waals surface area (Å²) in [5.41, 5.74) is 5.57. The Balaban J connectivity index is 0.00000288. The van der Waals surface area contributed by atoms with Crippen LogP contribution < -0.4 is 19.9 Å². The number of ether oxygens (including phenoxy) is 3. The van der Waals surface area contributed by atoms with E-state index in [0.717, 1.165) is 6.42 Å². The molecule has 0 aliphatic carbocycles. The van der Waals surface area contributed by atoms with E-state index in [1.165, 1.54) is 37.8 Å². The molecule has 1 aromatic carbocycles. The summed E-state index contributed by atoms with van der Waals surface area (Å²) in [6, 6.07) is 3.07. The van der Waals surface area contributed by atoms with Crippen molar-refractivity contribution in [3.8, 4) is 17.2 Å². The molecule has 1 saturated heterocycles. The van der Waals surface area contributed by atoms with Crippen molar-refractivity contribution in [2.75, 3.05) is 41.0 Å². The van der Waals surface area contributed by atoms with Crippen LogP contribution in [0.2, 0.25) is 0 Å². The number of nitrogens with two attached hydrogens (primary N) is 1. The molecule has 2 N–H and O–H groups in total. The van der Waals surface area contributed by atoms with Crippen LogP contribution in [0.25, 0.3) is 0 Å². The number of hydrogen-bond acceptors (Lipinski definition) is 6. The Morgan fingerprint density at radius 2 is 1.71 bits per heavy atom. The van der Waals surface area contributed by atoms with Gasteiger partial charge in [0.1, 0.15) is 17.2 Å². The van der Waals surface area contributed by atoms with Gasteiger partial charge in [0.05, 0.1) is 21.3 Å². The average Bonchev–Trinajstić information content (AvgIpc) is 2.97. The highest BCUT2D eigenvalue weighted by molar-refractivity contribution is 7.89. The minimum Gasteiger partial charge on any atom is -0.496 e. The van der Waals surface area contributed by atoms with Crippen LogP contribution in [-0.2, 0) is 10.0 Å². The van der Waals surface area contributed by atoms with Gasteiger partial charge in [-0.3, -0.25) is 0 Å². The Hall–Kier alpha value is -1.22. The molecule has 0 radical (unpaired) electrons. The zero-order chi connectivity index (χ0) is 17.3. The minimum atomic E-state index is -3.76. The Morgan fingerprint density at radius 1 is 1.17 bits per heavy atom. The number of methoxy groups -OCH3 is 3. The molecule has 0 spiro atoms. The highest BCUT2D eigenvalue weighted by Gasteiger charge is 2.41. The number of hydrogen-bond donors (Lipinski definition) is 1. The monoisotopic (exact) mass is 380 g/mol. The molecule has 1 aromatic rings. The molecule has 1 aliphatic heterocycles. The predicted molar refractivity (Wildman–Crippen MR) is 93.9 cm³/mol. The second-order valence-corrected chi connectivity index (χ2v) is 7.84. The van der Waals surface area contributed by atoms with Crippen molar-refractivity contribution in [1.29, 1.82) is 0 Å². The van der Waals surface area contributed by atoms with Gasteiger partial charge in [0.25, 0.3) is 10.0 Å². The van der Waals surface area contributed by atoms with E-state index in [1.807, 2.05) is 6.92 Å². The minimum absolute atomic E-state index is 0. The van der Waals surface area contributed by atoms with Gasteiger partial charge in [-0.05, 0) is 18.4 Å². The third-order valence-corrected chi connectivity index (χ3v) is 6.19. The quantitative estimate of drug-likeness (QED) is 0.804. The summed E-state index contributed by atoms with van der Waals surface area (Å²) in [5, 5.41) is 0. The van der Waals surface area contributed by atoms with Gasteiger partial charge in [-0.25, -0.2) is 8.42 Å². The summed E-state index contributed by atoms with van der Waals surface area (Å²) in [6.07, 6.45) is 0.726. The third-order valence-electron chi connectivity index (χ3n) is 4.28. The summed E-state index contributed by atoms with van der Waals surface area (Å²) in [7, 11) is 0.573. The summed E-state index contributed by atoms with van der Waals surface area (Å²) in [5.74, 6) is 0.857. The van der Waals surface area contributed by atoms with E-state index in [1.54, 1.807) is 0 Å². The standard InChI is InChI=1S/C15H24N2O5S.ClH/c1-15(9-16)5-6-17(10-15)23(18,19)14-12(21-3)7-11(20-2)8-13(14)22-4;/h7-8H,5-6,9-10,16H2,1-4H3;1H. The highest BCUT2D eigenvalue weighted by Crippen LogP contribution is 2.41. The van der Waals surface area contributed by atoms with Crippen molar-refractivity contribution in [2.24, 2.45) is 11.1 Å². The van der Waals surface area contributed by atoms with Gasteiger partial charge < -0.3 is 19.9 Å². The van der Waals surface area contributed by atoms with Gasteiger partial charge in [-0.2, -0.15) is 4.31 Å². The van der Waals surface area contributed by atoms with Crippen LogP contribution in [0.5, 0.6) is 17.2 Å². The van der Waals surface area contributed by atoms with Crippen molar-refractivity contribution < 1.29 is 22.6 Å². The van der Waals surface area contributed by atoms with Crippen LogP contribution in [0.15, 0.2) is 17.0 Å². The Labute approximate surface area is 149 Å². The first-order valence-electron chi connectivity index (χ1n) is 7.31. The molecule has 0 saturated carbocycles. The van der Waals surface area contributed by atoms with Gasteiger partial charge in [-0.1, -0.05) is 6.92 Å². The average molecular weight is 381 g/mol. The first-order chi connectivity index (χ1) is 10.8. The molecule has 9 heteroatoms. The van der Waals surface area contributed by atoms with Crippen LogP contribution in [0.1, 0.15) is 13.3 Å².